The van der Waals surface area contributed by atoms with Crippen molar-refractivity contribution in [2.24, 2.45) is 0 Å². The van der Waals surface area contributed by atoms with Crippen LogP contribution in [0.2, 0.25) is 0 Å². The van der Waals surface area contributed by atoms with Crippen LogP contribution in [-0.2, 0) is 6.54 Å². The minimum absolute atomic E-state index is 0.0588. The first-order valence-corrected chi connectivity index (χ1v) is 12.4. The number of amides is 1. The predicted molar refractivity (Wildman–Crippen MR) is 140 cm³/mol. The third-order valence-electron chi connectivity index (χ3n) is 6.96. The highest BCUT2D eigenvalue weighted by Gasteiger charge is 2.24. The Kier molecular flexibility index (Phi) is 6.95. The maximum Gasteiger partial charge on any atom is 0.260 e. The van der Waals surface area contributed by atoms with Gasteiger partial charge in [0.25, 0.3) is 11.5 Å². The minimum atomic E-state index is -0.396. The van der Waals surface area contributed by atoms with Gasteiger partial charge in [0.05, 0.1) is 0 Å². The molecule has 0 spiro atoms. The molecular formula is C28H32N4O4. The summed E-state index contributed by atoms with van der Waals surface area (Å²) < 4.78 is 10.8. The van der Waals surface area contributed by atoms with E-state index in [-0.39, 0.29) is 24.3 Å². The van der Waals surface area contributed by atoms with Crippen molar-refractivity contribution in [3.05, 3.63) is 76.2 Å². The highest BCUT2D eigenvalue weighted by atomic mass is 16.7. The number of nitrogens with one attached hydrogen (secondary N) is 3. The van der Waals surface area contributed by atoms with E-state index in [4.69, 9.17) is 9.47 Å². The Balaban J connectivity index is 1.15. The Morgan fingerprint density at radius 3 is 2.42 bits per heavy atom. The molecule has 0 bridgehead atoms. The number of aromatic nitrogens is 1. The molecule has 2 heterocycles. The molecule has 188 valence electrons. The van der Waals surface area contributed by atoms with Crippen LogP contribution in [0.15, 0.2) is 59.5 Å². The highest BCUT2D eigenvalue weighted by Crippen LogP contribution is 2.35. The van der Waals surface area contributed by atoms with Crippen LogP contribution >= 0.6 is 0 Å². The van der Waals surface area contributed by atoms with Gasteiger partial charge in [0.15, 0.2) is 11.5 Å². The largest absolute Gasteiger partial charge is 0.454 e. The van der Waals surface area contributed by atoms with Crippen molar-refractivity contribution in [3.63, 3.8) is 0 Å². The Hall–Kier alpha value is -3.78. The van der Waals surface area contributed by atoms with Crippen molar-refractivity contribution in [1.29, 1.82) is 0 Å². The van der Waals surface area contributed by atoms with E-state index >= 15 is 0 Å². The molecule has 1 amide bonds. The number of hydrogen-bond donors (Lipinski definition) is 3. The van der Waals surface area contributed by atoms with Gasteiger partial charge in [-0.2, -0.15) is 0 Å². The Morgan fingerprint density at radius 1 is 0.944 bits per heavy atom. The molecule has 1 aliphatic heterocycles. The molecule has 3 N–H and O–H groups in total. The summed E-state index contributed by atoms with van der Waals surface area (Å²) in [5, 5.41) is 6.72. The predicted octanol–water partition coefficient (Wildman–Crippen LogP) is 3.67. The lowest BCUT2D eigenvalue weighted by Gasteiger charge is -2.30. The van der Waals surface area contributed by atoms with Gasteiger partial charge in [-0.15, -0.1) is 0 Å². The number of fused-ring (bicyclic) bond motifs is 1. The Bertz CT molecular complexity index is 1280. The van der Waals surface area contributed by atoms with Crippen molar-refractivity contribution < 1.29 is 14.3 Å². The van der Waals surface area contributed by atoms with Crippen molar-refractivity contribution in [2.45, 2.75) is 44.3 Å². The molecule has 1 fully saturated rings. The third kappa shape index (κ3) is 5.39. The minimum Gasteiger partial charge on any atom is -0.454 e. The first-order chi connectivity index (χ1) is 17.5. The van der Waals surface area contributed by atoms with Crippen molar-refractivity contribution >= 4 is 11.6 Å². The SMILES string of the molecule is CN(C)c1ccc(CNC2CCC(NC(=O)c3cc(-c4ccc5c(c4)OCO5)c[nH]c3=O)CC2)cc1. The van der Waals surface area contributed by atoms with Gasteiger partial charge in [0, 0.05) is 44.6 Å². The zero-order chi connectivity index (χ0) is 25.1. The van der Waals surface area contributed by atoms with Gasteiger partial charge in [-0.05, 0) is 72.7 Å². The van der Waals surface area contributed by atoms with Gasteiger partial charge >= 0.3 is 0 Å². The summed E-state index contributed by atoms with van der Waals surface area (Å²) in [6.07, 6.45) is 5.33. The number of benzene rings is 2. The molecule has 1 aliphatic carbocycles. The average Bonchev–Trinajstić information content (AvgIpc) is 3.37. The Morgan fingerprint density at radius 2 is 1.67 bits per heavy atom. The summed E-state index contributed by atoms with van der Waals surface area (Å²) in [7, 11) is 4.08. The van der Waals surface area contributed by atoms with Crippen LogP contribution in [-0.4, -0.2) is 43.9 Å². The summed E-state index contributed by atoms with van der Waals surface area (Å²) in [6.45, 7) is 1.02. The number of rotatable bonds is 7. The number of aromatic amines is 1. The molecule has 8 nitrogen and oxygen atoms in total. The lowest BCUT2D eigenvalue weighted by atomic mass is 9.90. The van der Waals surface area contributed by atoms with Crippen molar-refractivity contribution in [3.8, 4) is 22.6 Å². The second kappa shape index (κ2) is 10.5. The number of carbonyl (C=O) groups excluding carboxylic acids is 1. The second-order valence-electron chi connectivity index (χ2n) is 9.66. The molecule has 2 aromatic carbocycles. The normalized spacial score (nSPS) is 18.6. The van der Waals surface area contributed by atoms with E-state index in [2.05, 4.69) is 44.8 Å². The van der Waals surface area contributed by atoms with Crippen molar-refractivity contribution in [1.82, 2.24) is 15.6 Å². The van der Waals surface area contributed by atoms with Crippen LogP contribution in [0.4, 0.5) is 5.69 Å². The molecular weight excluding hydrogens is 456 g/mol. The maximum absolute atomic E-state index is 13.0. The summed E-state index contributed by atoms with van der Waals surface area (Å²) in [5.74, 6) is 1.00. The van der Waals surface area contributed by atoms with Gasteiger partial charge in [-0.3, -0.25) is 9.59 Å². The van der Waals surface area contributed by atoms with E-state index in [0.29, 0.717) is 17.5 Å². The summed E-state index contributed by atoms with van der Waals surface area (Å²) in [6, 6.07) is 16.3. The van der Waals surface area contributed by atoms with Gasteiger partial charge in [-0.1, -0.05) is 18.2 Å². The smallest absolute Gasteiger partial charge is 0.260 e. The molecule has 1 aromatic heterocycles. The average molecular weight is 489 g/mol. The molecule has 1 saturated carbocycles. The van der Waals surface area contributed by atoms with E-state index in [1.165, 1.54) is 11.3 Å². The lowest BCUT2D eigenvalue weighted by Crippen LogP contribution is -2.43. The second-order valence-corrected chi connectivity index (χ2v) is 9.66. The fourth-order valence-electron chi connectivity index (χ4n) is 4.77. The quantitative estimate of drug-likeness (QED) is 0.470. The third-order valence-corrected chi connectivity index (χ3v) is 6.96. The maximum atomic E-state index is 13.0. The molecule has 0 unspecified atom stereocenters. The summed E-state index contributed by atoms with van der Waals surface area (Å²) in [5.41, 5.74) is 3.75. The van der Waals surface area contributed by atoms with Crippen LogP contribution < -0.4 is 30.6 Å². The first kappa shape index (κ1) is 23.9. The number of pyridine rings is 1. The first-order valence-electron chi connectivity index (χ1n) is 12.4. The van der Waals surface area contributed by atoms with Gasteiger partial charge < -0.3 is 30.0 Å². The number of carbonyl (C=O) groups is 1. The van der Waals surface area contributed by atoms with E-state index in [9.17, 15) is 9.59 Å². The standard InChI is InChI=1S/C28H32N4O4/c1-32(2)23-10-3-18(4-11-23)15-29-21-6-8-22(9-7-21)31-28(34)24-13-20(16-30-27(24)33)19-5-12-25-26(14-19)36-17-35-25/h3-5,10-14,16,21-22,29H,6-9,15,17H2,1-2H3,(H,30,33)(H,31,34). The highest BCUT2D eigenvalue weighted by molar-refractivity contribution is 5.95. The van der Waals surface area contributed by atoms with E-state index < -0.39 is 5.56 Å². The van der Waals surface area contributed by atoms with E-state index in [0.717, 1.165) is 43.4 Å². The molecule has 5 rings (SSSR count). The molecule has 36 heavy (non-hydrogen) atoms. The lowest BCUT2D eigenvalue weighted by molar-refractivity contribution is 0.0922. The monoisotopic (exact) mass is 488 g/mol. The number of nitrogens with zero attached hydrogens (tertiary/aromatic N) is 1. The topological polar surface area (TPSA) is 95.7 Å². The Labute approximate surface area is 210 Å². The van der Waals surface area contributed by atoms with Crippen molar-refractivity contribution in [2.75, 3.05) is 25.8 Å². The molecule has 0 saturated heterocycles. The van der Waals surface area contributed by atoms with E-state index in [1.807, 2.05) is 32.3 Å². The van der Waals surface area contributed by atoms with Gasteiger partial charge in [0.2, 0.25) is 6.79 Å². The number of hydrogen-bond acceptors (Lipinski definition) is 6. The zero-order valence-electron chi connectivity index (χ0n) is 20.7. The van der Waals surface area contributed by atoms with Crippen LogP contribution in [0, 0.1) is 0 Å². The van der Waals surface area contributed by atoms with Crippen LogP contribution in [0.5, 0.6) is 11.5 Å². The molecule has 8 heteroatoms. The molecule has 0 atom stereocenters. The number of H-pyrrole nitrogens is 1. The fraction of sp³-hybridized carbons (Fsp3) is 0.357. The van der Waals surface area contributed by atoms with Crippen LogP contribution in [0.3, 0.4) is 0 Å². The summed E-state index contributed by atoms with van der Waals surface area (Å²) >= 11 is 0. The van der Waals surface area contributed by atoms with Gasteiger partial charge in [-0.25, -0.2) is 0 Å². The number of ether oxygens (including phenoxy) is 2. The molecule has 2 aliphatic rings. The fourth-order valence-corrected chi connectivity index (χ4v) is 4.77. The van der Waals surface area contributed by atoms with E-state index in [1.54, 1.807) is 12.3 Å². The zero-order valence-corrected chi connectivity index (χ0v) is 20.7. The molecule has 3 aromatic rings. The van der Waals surface area contributed by atoms with Crippen LogP contribution in [0.1, 0.15) is 41.6 Å². The summed E-state index contributed by atoms with van der Waals surface area (Å²) in [4.78, 5) is 30.2. The van der Waals surface area contributed by atoms with Crippen LogP contribution in [0.25, 0.3) is 11.1 Å². The molecule has 0 radical (unpaired) electrons. The number of anilines is 1. The van der Waals surface area contributed by atoms with Gasteiger partial charge in [0.1, 0.15) is 5.56 Å².